The highest BCUT2D eigenvalue weighted by Gasteiger charge is 2.21. The first-order valence-corrected chi connectivity index (χ1v) is 6.03. The number of carbonyl (C=O) groups excluding carboxylic acids is 1. The predicted molar refractivity (Wildman–Crippen MR) is 70.5 cm³/mol. The first kappa shape index (κ1) is 12.5. The van der Waals surface area contributed by atoms with Gasteiger partial charge in [-0.25, -0.2) is 0 Å². The molecule has 1 unspecified atom stereocenters. The molecule has 0 aliphatic rings. The van der Waals surface area contributed by atoms with Crippen molar-refractivity contribution in [3.8, 4) is 0 Å². The molecule has 0 N–H and O–H groups in total. The van der Waals surface area contributed by atoms with Crippen LogP contribution in [0.4, 0.5) is 4.39 Å². The Bertz CT molecular complexity index is 493. The van der Waals surface area contributed by atoms with Gasteiger partial charge in [0.15, 0.2) is 5.78 Å². The Morgan fingerprint density at radius 1 is 0.944 bits per heavy atom. The van der Waals surface area contributed by atoms with Crippen LogP contribution in [-0.2, 0) is 0 Å². The zero-order valence-corrected chi connectivity index (χ0v) is 10.1. The van der Waals surface area contributed by atoms with Crippen LogP contribution in [0.1, 0.15) is 28.3 Å². The number of Topliss-reactive ketones (excluding diaryl/α,β-unsaturated/α-hetero) is 1. The van der Waals surface area contributed by atoms with Gasteiger partial charge in [-0.1, -0.05) is 60.7 Å². The Balaban J connectivity index is 2.29. The summed E-state index contributed by atoms with van der Waals surface area (Å²) in [4.78, 5) is 12.4. The molecule has 92 valence electrons. The molecule has 0 heterocycles. The van der Waals surface area contributed by atoms with Crippen molar-refractivity contribution in [2.24, 2.45) is 0 Å². The van der Waals surface area contributed by atoms with Crippen molar-refractivity contribution in [2.75, 3.05) is 6.67 Å². The highest BCUT2D eigenvalue weighted by molar-refractivity contribution is 6.00. The topological polar surface area (TPSA) is 17.1 Å². The van der Waals surface area contributed by atoms with E-state index in [0.29, 0.717) is 5.56 Å². The van der Waals surface area contributed by atoms with E-state index in [4.69, 9.17) is 0 Å². The van der Waals surface area contributed by atoms with Crippen molar-refractivity contribution in [1.82, 2.24) is 0 Å². The number of ketones is 1. The number of halogens is 1. The largest absolute Gasteiger partial charge is 0.293 e. The lowest BCUT2D eigenvalue weighted by Gasteiger charge is -2.14. The summed E-state index contributed by atoms with van der Waals surface area (Å²) < 4.78 is 12.7. The minimum atomic E-state index is -0.488. The molecule has 1 nitrogen and oxygen atoms in total. The third kappa shape index (κ3) is 2.83. The van der Waals surface area contributed by atoms with Gasteiger partial charge >= 0.3 is 0 Å². The fraction of sp³-hybridized carbons (Fsp3) is 0.188. The number of hydrogen-bond acceptors (Lipinski definition) is 1. The number of hydrogen-bond donors (Lipinski definition) is 0. The van der Waals surface area contributed by atoms with Crippen molar-refractivity contribution < 1.29 is 9.18 Å². The van der Waals surface area contributed by atoms with Gasteiger partial charge in [0, 0.05) is 11.5 Å². The third-order valence-electron chi connectivity index (χ3n) is 2.97. The average Bonchev–Trinajstić information content (AvgIpc) is 2.46. The van der Waals surface area contributed by atoms with E-state index < -0.39 is 12.6 Å². The molecule has 0 aromatic heterocycles. The highest BCUT2D eigenvalue weighted by Crippen LogP contribution is 2.24. The van der Waals surface area contributed by atoms with Gasteiger partial charge in [-0.2, -0.15) is 0 Å². The lowest BCUT2D eigenvalue weighted by molar-refractivity contribution is 0.0951. The van der Waals surface area contributed by atoms with Gasteiger partial charge < -0.3 is 0 Å². The van der Waals surface area contributed by atoms with E-state index in [9.17, 15) is 9.18 Å². The van der Waals surface area contributed by atoms with E-state index in [1.807, 2.05) is 48.5 Å². The minimum Gasteiger partial charge on any atom is -0.293 e. The zero-order chi connectivity index (χ0) is 12.8. The molecule has 2 rings (SSSR count). The van der Waals surface area contributed by atoms with Crippen LogP contribution in [-0.4, -0.2) is 12.5 Å². The fourth-order valence-corrected chi connectivity index (χ4v) is 2.05. The van der Waals surface area contributed by atoms with E-state index in [1.165, 1.54) is 0 Å². The molecular formula is C16H15FO. The summed E-state index contributed by atoms with van der Waals surface area (Å²) in [5.74, 6) is -0.405. The van der Waals surface area contributed by atoms with Crippen LogP contribution in [0.25, 0.3) is 0 Å². The lowest BCUT2D eigenvalue weighted by atomic mass is 9.88. The smallest absolute Gasteiger partial charge is 0.170 e. The maximum atomic E-state index is 12.7. The molecule has 0 saturated carbocycles. The van der Waals surface area contributed by atoms with E-state index in [0.717, 1.165) is 5.56 Å². The van der Waals surface area contributed by atoms with Gasteiger partial charge in [-0.3, -0.25) is 9.18 Å². The van der Waals surface area contributed by atoms with Crippen LogP contribution >= 0.6 is 0 Å². The standard InChI is InChI=1S/C16H15FO/c17-12-11-15(13-7-3-1-4-8-13)16(18)14-9-5-2-6-10-14/h1-10,15H,11-12H2. The maximum Gasteiger partial charge on any atom is 0.170 e. The summed E-state index contributed by atoms with van der Waals surface area (Å²) >= 11 is 0. The monoisotopic (exact) mass is 242 g/mol. The van der Waals surface area contributed by atoms with E-state index >= 15 is 0 Å². The molecule has 0 aliphatic heterocycles. The molecular weight excluding hydrogens is 227 g/mol. The molecule has 18 heavy (non-hydrogen) atoms. The van der Waals surface area contributed by atoms with Gasteiger partial charge in [0.2, 0.25) is 0 Å². The van der Waals surface area contributed by atoms with Crippen molar-refractivity contribution >= 4 is 5.78 Å². The Labute approximate surface area is 106 Å². The predicted octanol–water partition coefficient (Wildman–Crippen LogP) is 4.01. The van der Waals surface area contributed by atoms with Crippen LogP contribution in [0.15, 0.2) is 60.7 Å². The third-order valence-corrected chi connectivity index (χ3v) is 2.97. The first-order chi connectivity index (χ1) is 8.83. The quantitative estimate of drug-likeness (QED) is 0.724. The van der Waals surface area contributed by atoms with Crippen LogP contribution in [0.5, 0.6) is 0 Å². The molecule has 2 heteroatoms. The molecule has 2 aromatic carbocycles. The van der Waals surface area contributed by atoms with Gasteiger partial charge in [-0.15, -0.1) is 0 Å². The Hall–Kier alpha value is -1.96. The maximum absolute atomic E-state index is 12.7. The van der Waals surface area contributed by atoms with Crippen LogP contribution in [0.3, 0.4) is 0 Å². The Morgan fingerprint density at radius 2 is 1.50 bits per heavy atom. The highest BCUT2D eigenvalue weighted by atomic mass is 19.1. The average molecular weight is 242 g/mol. The van der Waals surface area contributed by atoms with Crippen LogP contribution in [0, 0.1) is 0 Å². The van der Waals surface area contributed by atoms with Crippen molar-refractivity contribution in [1.29, 1.82) is 0 Å². The number of rotatable bonds is 5. The number of benzene rings is 2. The summed E-state index contributed by atoms with van der Waals surface area (Å²) in [5.41, 5.74) is 1.52. The molecule has 0 bridgehead atoms. The van der Waals surface area contributed by atoms with Crippen LogP contribution in [0.2, 0.25) is 0 Å². The van der Waals surface area contributed by atoms with Crippen molar-refractivity contribution in [3.05, 3.63) is 71.8 Å². The van der Waals surface area contributed by atoms with Gasteiger partial charge in [0.05, 0.1) is 6.67 Å². The second-order valence-electron chi connectivity index (χ2n) is 4.17. The second-order valence-corrected chi connectivity index (χ2v) is 4.17. The molecule has 0 amide bonds. The molecule has 0 aliphatic carbocycles. The van der Waals surface area contributed by atoms with Gasteiger partial charge in [0.1, 0.15) is 0 Å². The van der Waals surface area contributed by atoms with Gasteiger partial charge in [-0.05, 0) is 12.0 Å². The Morgan fingerprint density at radius 3 is 2.06 bits per heavy atom. The number of carbonyl (C=O) groups is 1. The van der Waals surface area contributed by atoms with E-state index in [-0.39, 0.29) is 12.2 Å². The van der Waals surface area contributed by atoms with Gasteiger partial charge in [0.25, 0.3) is 0 Å². The van der Waals surface area contributed by atoms with Crippen molar-refractivity contribution in [3.63, 3.8) is 0 Å². The summed E-state index contributed by atoms with van der Waals surface area (Å²) in [6, 6.07) is 18.5. The minimum absolute atomic E-state index is 0.0144. The SMILES string of the molecule is O=C(c1ccccc1)C(CCF)c1ccccc1. The normalized spacial score (nSPS) is 12.1. The summed E-state index contributed by atoms with van der Waals surface area (Å²) in [6.45, 7) is -0.488. The molecule has 0 radical (unpaired) electrons. The first-order valence-electron chi connectivity index (χ1n) is 6.03. The summed E-state index contributed by atoms with van der Waals surface area (Å²) in [7, 11) is 0. The van der Waals surface area contributed by atoms with E-state index in [1.54, 1.807) is 12.1 Å². The molecule has 0 saturated heterocycles. The van der Waals surface area contributed by atoms with Crippen molar-refractivity contribution in [2.45, 2.75) is 12.3 Å². The molecule has 2 aromatic rings. The second kappa shape index (κ2) is 6.10. The van der Waals surface area contributed by atoms with E-state index in [2.05, 4.69) is 0 Å². The number of alkyl halides is 1. The molecule has 1 atom stereocenters. The zero-order valence-electron chi connectivity index (χ0n) is 10.1. The molecule has 0 fully saturated rings. The summed E-state index contributed by atoms with van der Waals surface area (Å²) in [5, 5.41) is 0. The lowest BCUT2D eigenvalue weighted by Crippen LogP contribution is -2.13. The Kier molecular flexibility index (Phi) is 4.24. The van der Waals surface area contributed by atoms with Crippen LogP contribution < -0.4 is 0 Å². The summed E-state index contributed by atoms with van der Waals surface area (Å²) in [6.07, 6.45) is 0.234. The fourth-order valence-electron chi connectivity index (χ4n) is 2.05. The molecule has 0 spiro atoms.